The number of nitrogens with zero attached hydrogens (tertiary/aromatic N) is 3. The summed E-state index contributed by atoms with van der Waals surface area (Å²) in [4.78, 5) is 37.5. The number of amides is 2. The molecule has 4 N–H and O–H groups in total. The lowest BCUT2D eigenvalue weighted by atomic mass is 10.0. The number of hydrogen-bond donors (Lipinski definition) is 4. The van der Waals surface area contributed by atoms with E-state index < -0.39 is 36.6 Å². The van der Waals surface area contributed by atoms with Gasteiger partial charge < -0.3 is 15.1 Å². The molecule has 0 bridgehead atoms. The molecule has 1 aromatic heterocycles. The highest BCUT2D eigenvalue weighted by atomic mass is 35.5. The number of aromatic amines is 1. The number of carbonyl (C=O) groups excluding carboxylic acids is 2. The number of carboxylic acids is 1. The Bertz CT molecular complexity index is 1260. The Morgan fingerprint density at radius 3 is 2.53 bits per heavy atom. The molecular formula is C24H23ClFN5O5. The van der Waals surface area contributed by atoms with Crippen LogP contribution in [-0.4, -0.2) is 80.0 Å². The SMILES string of the molecule is O=C(NN(Cc1ccc(-c2cccc(Cl)c2)cc1)C[C@@H](O)C(=O)O)c1cc(C(=O)N2CC(F)C2)n[nH]1. The monoisotopic (exact) mass is 515 g/mol. The maximum Gasteiger partial charge on any atom is 0.333 e. The van der Waals surface area contributed by atoms with Gasteiger partial charge in [-0.25, -0.2) is 14.2 Å². The van der Waals surface area contributed by atoms with Crippen molar-refractivity contribution in [3.63, 3.8) is 0 Å². The Morgan fingerprint density at radius 2 is 1.89 bits per heavy atom. The third-order valence-electron chi connectivity index (χ3n) is 5.59. The summed E-state index contributed by atoms with van der Waals surface area (Å²) in [5.41, 5.74) is 5.01. The van der Waals surface area contributed by atoms with E-state index in [2.05, 4.69) is 15.6 Å². The topological polar surface area (TPSA) is 139 Å². The number of aromatic nitrogens is 2. The summed E-state index contributed by atoms with van der Waals surface area (Å²) in [6, 6.07) is 15.9. The van der Waals surface area contributed by atoms with Crippen LogP contribution in [0.3, 0.4) is 0 Å². The maximum atomic E-state index is 13.0. The van der Waals surface area contributed by atoms with Crippen LogP contribution in [0.4, 0.5) is 4.39 Å². The molecule has 0 aliphatic carbocycles. The molecule has 1 aliphatic heterocycles. The van der Waals surface area contributed by atoms with E-state index in [1.165, 1.54) is 16.0 Å². The molecule has 3 aromatic rings. The number of aliphatic hydroxyl groups excluding tert-OH is 1. The predicted molar refractivity (Wildman–Crippen MR) is 128 cm³/mol. The van der Waals surface area contributed by atoms with Crippen molar-refractivity contribution in [1.29, 1.82) is 0 Å². The Morgan fingerprint density at radius 1 is 1.17 bits per heavy atom. The first-order valence-corrected chi connectivity index (χ1v) is 11.4. The summed E-state index contributed by atoms with van der Waals surface area (Å²) in [7, 11) is 0. The van der Waals surface area contributed by atoms with Crippen LogP contribution in [-0.2, 0) is 11.3 Å². The molecule has 0 radical (unpaired) electrons. The minimum absolute atomic E-state index is 0.0236. The molecule has 2 aromatic carbocycles. The molecule has 1 atom stereocenters. The van der Waals surface area contributed by atoms with Gasteiger partial charge in [-0.3, -0.25) is 20.1 Å². The first-order valence-electron chi connectivity index (χ1n) is 11.0. The predicted octanol–water partition coefficient (Wildman–Crippen LogP) is 2.12. The summed E-state index contributed by atoms with van der Waals surface area (Å²) in [5, 5.41) is 27.1. The number of likely N-dealkylation sites (tertiary alicyclic amines) is 1. The highest BCUT2D eigenvalue weighted by Gasteiger charge is 2.32. The van der Waals surface area contributed by atoms with Gasteiger partial charge in [0.25, 0.3) is 11.8 Å². The zero-order valence-corrected chi connectivity index (χ0v) is 19.7. The number of nitrogens with one attached hydrogen (secondary N) is 2. The van der Waals surface area contributed by atoms with Crippen LogP contribution in [0.5, 0.6) is 0 Å². The second-order valence-corrected chi connectivity index (χ2v) is 8.79. The first kappa shape index (κ1) is 25.3. The second kappa shape index (κ2) is 10.9. The second-order valence-electron chi connectivity index (χ2n) is 8.36. The van der Waals surface area contributed by atoms with Crippen LogP contribution in [0.1, 0.15) is 26.5 Å². The Hall–Kier alpha value is -3.80. The number of carboxylic acid groups (broad SMARTS) is 1. The summed E-state index contributed by atoms with van der Waals surface area (Å²) < 4.78 is 13.0. The third kappa shape index (κ3) is 6.06. The number of hydrazine groups is 1. The van der Waals surface area contributed by atoms with Crippen molar-refractivity contribution in [1.82, 2.24) is 25.5 Å². The molecule has 1 fully saturated rings. The summed E-state index contributed by atoms with van der Waals surface area (Å²) in [6.45, 7) is -0.367. The van der Waals surface area contributed by atoms with Crippen LogP contribution in [0, 0.1) is 0 Å². The fourth-order valence-electron chi connectivity index (χ4n) is 3.63. The molecule has 188 valence electrons. The quantitative estimate of drug-likeness (QED) is 0.320. The number of hydrogen-bond acceptors (Lipinski definition) is 6. The number of aliphatic carboxylic acids is 1. The lowest BCUT2D eigenvalue weighted by Gasteiger charge is -2.33. The molecule has 1 saturated heterocycles. The van der Waals surface area contributed by atoms with E-state index in [1.807, 2.05) is 30.3 Å². The van der Waals surface area contributed by atoms with Crippen LogP contribution in [0.15, 0.2) is 54.6 Å². The van der Waals surface area contributed by atoms with Gasteiger partial charge in [-0.2, -0.15) is 5.10 Å². The van der Waals surface area contributed by atoms with E-state index in [0.29, 0.717) is 5.02 Å². The van der Waals surface area contributed by atoms with Gasteiger partial charge >= 0.3 is 5.97 Å². The highest BCUT2D eigenvalue weighted by Crippen LogP contribution is 2.23. The van der Waals surface area contributed by atoms with E-state index >= 15 is 0 Å². The molecule has 0 spiro atoms. The normalized spacial score (nSPS) is 14.4. The van der Waals surface area contributed by atoms with E-state index in [9.17, 15) is 23.9 Å². The number of benzene rings is 2. The van der Waals surface area contributed by atoms with Gasteiger partial charge in [0.2, 0.25) is 0 Å². The van der Waals surface area contributed by atoms with Gasteiger partial charge in [-0.15, -0.1) is 0 Å². The first-order chi connectivity index (χ1) is 17.2. The van der Waals surface area contributed by atoms with Crippen molar-refractivity contribution in [2.24, 2.45) is 0 Å². The van der Waals surface area contributed by atoms with E-state index in [1.54, 1.807) is 18.2 Å². The molecule has 2 heterocycles. The van der Waals surface area contributed by atoms with Crippen molar-refractivity contribution in [2.45, 2.75) is 18.8 Å². The standard InChI is InChI=1S/C24H23ClFN5O5/c25-17-3-1-2-16(8-17)15-6-4-14(5-7-15)10-31(13-21(32)24(35)36)29-22(33)19-9-20(28-27-19)23(34)30-11-18(26)12-30/h1-9,18,21,32H,10-13H2,(H,27,28)(H,29,33)(H,35,36)/t21-/m1/s1. The molecule has 36 heavy (non-hydrogen) atoms. The molecule has 2 amide bonds. The van der Waals surface area contributed by atoms with Gasteiger partial charge in [-0.05, 0) is 28.8 Å². The zero-order chi connectivity index (χ0) is 25.8. The Kier molecular flexibility index (Phi) is 7.63. The number of carbonyl (C=O) groups is 3. The molecule has 1 aliphatic rings. The fraction of sp³-hybridized carbons (Fsp3) is 0.250. The average Bonchev–Trinajstić information content (AvgIpc) is 3.32. The molecule has 10 nitrogen and oxygen atoms in total. The number of alkyl halides is 1. The Balaban J connectivity index is 1.45. The molecule has 0 unspecified atom stereocenters. The van der Waals surface area contributed by atoms with E-state index in [0.717, 1.165) is 16.7 Å². The number of rotatable bonds is 9. The Labute approximate surface area is 210 Å². The van der Waals surface area contributed by atoms with Gasteiger partial charge in [0.15, 0.2) is 11.8 Å². The maximum absolute atomic E-state index is 13.0. The summed E-state index contributed by atoms with van der Waals surface area (Å²) >= 11 is 6.06. The number of halogens is 2. The van der Waals surface area contributed by atoms with Crippen molar-refractivity contribution in [3.8, 4) is 11.1 Å². The molecule has 0 saturated carbocycles. The summed E-state index contributed by atoms with van der Waals surface area (Å²) in [6.07, 6.45) is -2.82. The van der Waals surface area contributed by atoms with Gasteiger partial charge in [0.05, 0.1) is 19.6 Å². The van der Waals surface area contributed by atoms with Crippen molar-refractivity contribution in [2.75, 3.05) is 19.6 Å². The van der Waals surface area contributed by atoms with Crippen LogP contribution in [0.2, 0.25) is 5.02 Å². The van der Waals surface area contributed by atoms with Gasteiger partial charge in [-0.1, -0.05) is 48.0 Å². The third-order valence-corrected chi connectivity index (χ3v) is 5.82. The van der Waals surface area contributed by atoms with Gasteiger partial charge in [0, 0.05) is 17.6 Å². The van der Waals surface area contributed by atoms with Crippen molar-refractivity contribution < 1.29 is 29.0 Å². The van der Waals surface area contributed by atoms with Crippen molar-refractivity contribution >= 4 is 29.4 Å². The van der Waals surface area contributed by atoms with Crippen LogP contribution in [0.25, 0.3) is 11.1 Å². The molecular weight excluding hydrogens is 493 g/mol. The van der Waals surface area contributed by atoms with Crippen LogP contribution >= 0.6 is 11.6 Å². The van der Waals surface area contributed by atoms with Gasteiger partial charge in [0.1, 0.15) is 11.9 Å². The molecule has 12 heteroatoms. The lowest BCUT2D eigenvalue weighted by molar-refractivity contribution is -0.148. The smallest absolute Gasteiger partial charge is 0.333 e. The van der Waals surface area contributed by atoms with E-state index in [-0.39, 0.29) is 31.0 Å². The lowest BCUT2D eigenvalue weighted by Crippen LogP contribution is -2.51. The number of aliphatic hydroxyl groups is 1. The number of H-pyrrole nitrogens is 1. The van der Waals surface area contributed by atoms with Crippen LogP contribution < -0.4 is 5.43 Å². The minimum Gasteiger partial charge on any atom is -0.479 e. The molecule has 4 rings (SSSR count). The average molecular weight is 516 g/mol. The fourth-order valence-corrected chi connectivity index (χ4v) is 3.82. The highest BCUT2D eigenvalue weighted by molar-refractivity contribution is 6.30. The zero-order valence-electron chi connectivity index (χ0n) is 18.9. The largest absolute Gasteiger partial charge is 0.479 e. The van der Waals surface area contributed by atoms with Crippen molar-refractivity contribution in [3.05, 3.63) is 76.6 Å². The summed E-state index contributed by atoms with van der Waals surface area (Å²) in [5.74, 6) is -2.64. The minimum atomic E-state index is -1.75. The van der Waals surface area contributed by atoms with E-state index in [4.69, 9.17) is 16.7 Å².